The lowest BCUT2D eigenvalue weighted by Gasteiger charge is -2.14. The van der Waals surface area contributed by atoms with Gasteiger partial charge in [0.25, 0.3) is 0 Å². The highest BCUT2D eigenvalue weighted by molar-refractivity contribution is 5.78. The molecule has 1 atom stereocenters. The predicted molar refractivity (Wildman–Crippen MR) is 105 cm³/mol. The van der Waals surface area contributed by atoms with Crippen molar-refractivity contribution in [1.29, 1.82) is 0 Å². The summed E-state index contributed by atoms with van der Waals surface area (Å²) in [6.07, 6.45) is 5.63. The number of nitrogens with one attached hydrogen (secondary N) is 1. The number of hydrogen-bond donors (Lipinski definition) is 1. The van der Waals surface area contributed by atoms with E-state index in [0.717, 1.165) is 24.3 Å². The maximum atomic E-state index is 4.77. The van der Waals surface area contributed by atoms with Crippen LogP contribution in [0.15, 0.2) is 79.4 Å². The van der Waals surface area contributed by atoms with E-state index in [9.17, 15) is 0 Å². The van der Waals surface area contributed by atoms with Gasteiger partial charge in [-0.15, -0.1) is 0 Å². The summed E-state index contributed by atoms with van der Waals surface area (Å²) in [4.78, 5) is 8.85. The first kappa shape index (κ1) is 16.5. The molecule has 4 nitrogen and oxygen atoms in total. The van der Waals surface area contributed by atoms with Crippen LogP contribution < -0.4 is 5.32 Å². The molecule has 4 heteroatoms. The minimum Gasteiger partial charge on any atom is -0.333 e. The molecule has 2 heterocycles. The number of fused-ring (bicyclic) bond motifs is 1. The van der Waals surface area contributed by atoms with E-state index in [2.05, 4.69) is 70.3 Å². The Hall–Kier alpha value is -2.98. The van der Waals surface area contributed by atoms with Crippen molar-refractivity contribution in [3.8, 4) is 0 Å². The fraction of sp³-hybridized carbons (Fsp3) is 0.182. The summed E-state index contributed by atoms with van der Waals surface area (Å²) in [6.45, 7) is 3.83. The molecule has 0 bridgehead atoms. The Morgan fingerprint density at radius 2 is 1.77 bits per heavy atom. The lowest BCUT2D eigenvalue weighted by atomic mass is 10.1. The summed E-state index contributed by atoms with van der Waals surface area (Å²) < 4.78 is 2.07. The third-order valence-electron chi connectivity index (χ3n) is 4.62. The molecule has 0 aliphatic rings. The topological polar surface area (TPSA) is 42.7 Å². The van der Waals surface area contributed by atoms with Crippen molar-refractivity contribution in [3.05, 3.63) is 96.2 Å². The van der Waals surface area contributed by atoms with Gasteiger partial charge in [0, 0.05) is 36.9 Å². The minimum absolute atomic E-state index is 0.199. The van der Waals surface area contributed by atoms with E-state index in [1.165, 1.54) is 16.5 Å². The van der Waals surface area contributed by atoms with Crippen LogP contribution in [0.4, 0.5) is 0 Å². The van der Waals surface area contributed by atoms with Crippen molar-refractivity contribution >= 4 is 10.9 Å². The monoisotopic (exact) mass is 342 g/mol. The maximum absolute atomic E-state index is 4.77. The van der Waals surface area contributed by atoms with Crippen molar-refractivity contribution in [2.75, 3.05) is 0 Å². The summed E-state index contributed by atoms with van der Waals surface area (Å²) >= 11 is 0. The number of pyridine rings is 1. The zero-order valence-electron chi connectivity index (χ0n) is 14.8. The average Bonchev–Trinajstić information content (AvgIpc) is 3.20. The first-order valence-corrected chi connectivity index (χ1v) is 8.90. The molecule has 0 aliphatic carbocycles. The Kier molecular flexibility index (Phi) is 4.75. The molecule has 0 fully saturated rings. The first-order chi connectivity index (χ1) is 12.8. The molecular weight excluding hydrogens is 320 g/mol. The van der Waals surface area contributed by atoms with Gasteiger partial charge in [-0.25, -0.2) is 4.98 Å². The Morgan fingerprint density at radius 3 is 2.58 bits per heavy atom. The lowest BCUT2D eigenvalue weighted by Crippen LogP contribution is -2.19. The number of benzene rings is 2. The van der Waals surface area contributed by atoms with Crippen LogP contribution in [0.5, 0.6) is 0 Å². The Morgan fingerprint density at radius 1 is 0.962 bits per heavy atom. The highest BCUT2D eigenvalue weighted by atomic mass is 15.0. The lowest BCUT2D eigenvalue weighted by molar-refractivity contribution is 0.563. The van der Waals surface area contributed by atoms with Crippen molar-refractivity contribution in [3.63, 3.8) is 0 Å². The van der Waals surface area contributed by atoms with Crippen molar-refractivity contribution in [1.82, 2.24) is 19.9 Å². The van der Waals surface area contributed by atoms with Crippen LogP contribution in [-0.2, 0) is 13.1 Å². The first-order valence-electron chi connectivity index (χ1n) is 8.90. The standard InChI is InChI=1S/C22H22N4/c1-17(21-11-10-20-4-2-3-5-22(20)25-21)24-14-18-6-8-19(9-7-18)15-26-13-12-23-16-26/h2-13,16-17,24H,14-15H2,1H3. The van der Waals surface area contributed by atoms with Crippen LogP contribution in [0.2, 0.25) is 0 Å². The number of aromatic nitrogens is 3. The number of nitrogens with zero attached hydrogens (tertiary/aromatic N) is 3. The predicted octanol–water partition coefficient (Wildman–Crippen LogP) is 4.33. The Balaban J connectivity index is 1.38. The second-order valence-corrected chi connectivity index (χ2v) is 6.58. The summed E-state index contributed by atoms with van der Waals surface area (Å²) in [7, 11) is 0. The van der Waals surface area contributed by atoms with Gasteiger partial charge in [-0.3, -0.25) is 4.98 Å². The molecule has 26 heavy (non-hydrogen) atoms. The quantitative estimate of drug-likeness (QED) is 0.567. The summed E-state index contributed by atoms with van der Waals surface area (Å²) in [6, 6.07) is 21.4. The van der Waals surface area contributed by atoms with E-state index in [1.807, 2.05) is 24.7 Å². The van der Waals surface area contributed by atoms with E-state index >= 15 is 0 Å². The van der Waals surface area contributed by atoms with Gasteiger partial charge in [-0.1, -0.05) is 48.5 Å². The molecule has 0 amide bonds. The fourth-order valence-corrected chi connectivity index (χ4v) is 3.05. The van der Waals surface area contributed by atoms with E-state index in [4.69, 9.17) is 4.98 Å². The van der Waals surface area contributed by atoms with E-state index in [-0.39, 0.29) is 6.04 Å². The number of hydrogen-bond acceptors (Lipinski definition) is 3. The third kappa shape index (κ3) is 3.81. The van der Waals surface area contributed by atoms with Gasteiger partial charge in [0.05, 0.1) is 17.5 Å². The normalized spacial score (nSPS) is 12.3. The van der Waals surface area contributed by atoms with E-state index in [0.29, 0.717) is 0 Å². The molecule has 130 valence electrons. The van der Waals surface area contributed by atoms with Crippen molar-refractivity contribution in [2.45, 2.75) is 26.1 Å². The van der Waals surface area contributed by atoms with Gasteiger partial charge in [0.2, 0.25) is 0 Å². The average molecular weight is 342 g/mol. The highest BCUT2D eigenvalue weighted by Gasteiger charge is 2.07. The summed E-state index contributed by atoms with van der Waals surface area (Å²) in [5.41, 5.74) is 4.66. The molecule has 2 aromatic carbocycles. The maximum Gasteiger partial charge on any atom is 0.0949 e. The smallest absolute Gasteiger partial charge is 0.0949 e. The molecule has 4 rings (SSSR count). The molecule has 2 aromatic heterocycles. The van der Waals surface area contributed by atoms with Gasteiger partial charge in [-0.05, 0) is 30.2 Å². The summed E-state index contributed by atoms with van der Waals surface area (Å²) in [5.74, 6) is 0. The van der Waals surface area contributed by atoms with Gasteiger partial charge in [0.1, 0.15) is 0 Å². The van der Waals surface area contributed by atoms with Crippen LogP contribution in [-0.4, -0.2) is 14.5 Å². The Labute approximate surface area is 153 Å². The SMILES string of the molecule is CC(NCc1ccc(Cn2ccnc2)cc1)c1ccc2ccccc2n1. The van der Waals surface area contributed by atoms with Crippen molar-refractivity contribution < 1.29 is 0 Å². The Bertz CT molecular complexity index is 975. The minimum atomic E-state index is 0.199. The zero-order valence-corrected chi connectivity index (χ0v) is 14.8. The molecule has 4 aromatic rings. The van der Waals surface area contributed by atoms with Gasteiger partial charge in [-0.2, -0.15) is 0 Å². The van der Waals surface area contributed by atoms with Crippen LogP contribution in [0.3, 0.4) is 0 Å². The van der Waals surface area contributed by atoms with Gasteiger partial charge < -0.3 is 9.88 Å². The molecule has 0 aliphatic heterocycles. The second kappa shape index (κ2) is 7.50. The highest BCUT2D eigenvalue weighted by Crippen LogP contribution is 2.17. The number of para-hydroxylation sites is 1. The summed E-state index contributed by atoms with van der Waals surface area (Å²) in [5, 5.41) is 4.74. The molecule has 0 saturated carbocycles. The van der Waals surface area contributed by atoms with Crippen molar-refractivity contribution in [2.24, 2.45) is 0 Å². The van der Waals surface area contributed by atoms with Crippen LogP contribution in [0, 0.1) is 0 Å². The van der Waals surface area contributed by atoms with Crippen LogP contribution >= 0.6 is 0 Å². The largest absolute Gasteiger partial charge is 0.333 e. The second-order valence-electron chi connectivity index (χ2n) is 6.58. The van der Waals surface area contributed by atoms with E-state index in [1.54, 1.807) is 6.20 Å². The van der Waals surface area contributed by atoms with Gasteiger partial charge >= 0.3 is 0 Å². The molecule has 0 radical (unpaired) electrons. The van der Waals surface area contributed by atoms with Crippen LogP contribution in [0.1, 0.15) is 29.8 Å². The zero-order chi connectivity index (χ0) is 17.8. The van der Waals surface area contributed by atoms with Crippen LogP contribution in [0.25, 0.3) is 10.9 Å². The van der Waals surface area contributed by atoms with Gasteiger partial charge in [0.15, 0.2) is 0 Å². The number of rotatable bonds is 6. The molecular formula is C22H22N4. The molecule has 0 saturated heterocycles. The van der Waals surface area contributed by atoms with E-state index < -0.39 is 0 Å². The third-order valence-corrected chi connectivity index (χ3v) is 4.62. The number of imidazole rings is 1. The molecule has 1 N–H and O–H groups in total. The molecule has 0 spiro atoms. The molecule has 1 unspecified atom stereocenters. The fourth-order valence-electron chi connectivity index (χ4n) is 3.05.